The topological polar surface area (TPSA) is 21.3 Å². The van der Waals surface area contributed by atoms with Crippen LogP contribution in [0.25, 0.3) is 0 Å². The van der Waals surface area contributed by atoms with E-state index in [0.29, 0.717) is 0 Å². The lowest BCUT2D eigenvalue weighted by Gasteiger charge is -2.32. The summed E-state index contributed by atoms with van der Waals surface area (Å²) in [5.41, 5.74) is 1.39. The molecule has 4 rings (SSSR count). The number of ether oxygens (including phenoxy) is 1. The predicted octanol–water partition coefficient (Wildman–Crippen LogP) is 4.04. The summed E-state index contributed by atoms with van der Waals surface area (Å²) in [6.45, 7) is 1.17. The molecule has 2 heteroatoms. The van der Waals surface area contributed by atoms with Gasteiger partial charge < -0.3 is 10.1 Å². The molecule has 2 nitrogen and oxygen atoms in total. The molecule has 1 aromatic carbocycles. The number of hydrogen-bond acceptors (Lipinski definition) is 2. The Hall–Kier alpha value is -1.02. The summed E-state index contributed by atoms with van der Waals surface area (Å²) >= 11 is 0. The van der Waals surface area contributed by atoms with Crippen LogP contribution >= 0.6 is 0 Å². The van der Waals surface area contributed by atoms with Crippen LogP contribution < -0.4 is 10.1 Å². The third-order valence-electron chi connectivity index (χ3n) is 6.61. The van der Waals surface area contributed by atoms with Crippen LogP contribution in [0.5, 0.6) is 5.75 Å². The molecular weight excluding hydrogens is 270 g/mol. The molecule has 0 aromatic heterocycles. The van der Waals surface area contributed by atoms with Crippen molar-refractivity contribution in [3.63, 3.8) is 0 Å². The van der Waals surface area contributed by atoms with Gasteiger partial charge >= 0.3 is 0 Å². The van der Waals surface area contributed by atoms with Crippen LogP contribution in [-0.4, -0.2) is 19.7 Å². The summed E-state index contributed by atoms with van der Waals surface area (Å²) < 4.78 is 5.30. The Morgan fingerprint density at radius 2 is 2.05 bits per heavy atom. The van der Waals surface area contributed by atoms with Gasteiger partial charge in [0.25, 0.3) is 0 Å². The lowest BCUT2D eigenvalue weighted by Crippen LogP contribution is -2.39. The van der Waals surface area contributed by atoms with Crippen molar-refractivity contribution in [3.05, 3.63) is 29.8 Å². The Labute approximate surface area is 134 Å². The van der Waals surface area contributed by atoms with Crippen LogP contribution in [0.4, 0.5) is 0 Å². The monoisotopic (exact) mass is 299 g/mol. The van der Waals surface area contributed by atoms with Gasteiger partial charge in [0.15, 0.2) is 0 Å². The van der Waals surface area contributed by atoms with Crippen molar-refractivity contribution in [3.8, 4) is 5.75 Å². The first-order valence-corrected chi connectivity index (χ1v) is 9.21. The van der Waals surface area contributed by atoms with Crippen molar-refractivity contribution in [2.45, 2.75) is 51.0 Å². The van der Waals surface area contributed by atoms with Crippen molar-refractivity contribution in [2.75, 3.05) is 13.7 Å². The predicted molar refractivity (Wildman–Crippen MR) is 90.2 cm³/mol. The van der Waals surface area contributed by atoms with E-state index in [0.717, 1.165) is 41.9 Å². The molecule has 1 aromatic rings. The lowest BCUT2D eigenvalue weighted by atomic mass is 9.79. The average Bonchev–Trinajstić information content (AvgIpc) is 3.24. The molecule has 22 heavy (non-hydrogen) atoms. The van der Waals surface area contributed by atoms with Crippen LogP contribution in [0.1, 0.15) is 44.1 Å². The maximum Gasteiger partial charge on any atom is 0.119 e. The minimum Gasteiger partial charge on any atom is -0.497 e. The molecule has 0 amide bonds. The van der Waals surface area contributed by atoms with E-state index < -0.39 is 0 Å². The molecule has 3 aliphatic carbocycles. The number of hydrogen-bond donors (Lipinski definition) is 1. The highest BCUT2D eigenvalue weighted by Crippen LogP contribution is 2.58. The fourth-order valence-corrected chi connectivity index (χ4v) is 5.71. The van der Waals surface area contributed by atoms with Crippen LogP contribution in [0.2, 0.25) is 0 Å². The first-order valence-electron chi connectivity index (χ1n) is 9.21. The number of aryl methyl sites for hydroxylation is 1. The van der Waals surface area contributed by atoms with E-state index in [1.54, 1.807) is 7.11 Å². The fourth-order valence-electron chi connectivity index (χ4n) is 5.71. The van der Waals surface area contributed by atoms with Crippen molar-refractivity contribution >= 4 is 0 Å². The smallest absolute Gasteiger partial charge is 0.119 e. The summed E-state index contributed by atoms with van der Waals surface area (Å²) in [4.78, 5) is 0. The molecule has 3 aliphatic rings. The molecular formula is C20H29NO. The number of nitrogens with one attached hydrogen (secondary N) is 1. The Bertz CT molecular complexity index is 514. The van der Waals surface area contributed by atoms with E-state index >= 15 is 0 Å². The maximum atomic E-state index is 5.30. The number of rotatable bonds is 6. The standard InChI is InChI=1S/C20H29NO/c1-22-16-7-2-5-14(11-16)6-4-10-21-20-13-15-12-19(20)18-9-3-8-17(15)18/h2,5,7,11,15,17-21H,3-4,6,8-10,12-13H2,1H3/t15-,17+,18+,19-,20+/m0/s1. The van der Waals surface area contributed by atoms with Crippen LogP contribution in [0.15, 0.2) is 24.3 Å². The number of fused-ring (bicyclic) bond motifs is 5. The van der Waals surface area contributed by atoms with E-state index in [4.69, 9.17) is 4.74 Å². The third kappa shape index (κ3) is 2.67. The molecule has 120 valence electrons. The molecule has 0 saturated heterocycles. The van der Waals surface area contributed by atoms with Gasteiger partial charge in [0.2, 0.25) is 0 Å². The van der Waals surface area contributed by atoms with Gasteiger partial charge in [-0.3, -0.25) is 0 Å². The molecule has 0 spiro atoms. The van der Waals surface area contributed by atoms with E-state index in [9.17, 15) is 0 Å². The van der Waals surface area contributed by atoms with Gasteiger partial charge in [-0.15, -0.1) is 0 Å². The highest BCUT2D eigenvalue weighted by Gasteiger charge is 2.53. The summed E-state index contributed by atoms with van der Waals surface area (Å²) in [6, 6.07) is 9.33. The quantitative estimate of drug-likeness (QED) is 0.800. The van der Waals surface area contributed by atoms with E-state index in [2.05, 4.69) is 23.5 Å². The summed E-state index contributed by atoms with van der Waals surface area (Å²) in [6.07, 6.45) is 9.94. The zero-order valence-electron chi connectivity index (χ0n) is 13.8. The van der Waals surface area contributed by atoms with Gasteiger partial charge in [-0.2, -0.15) is 0 Å². The average molecular weight is 299 g/mol. The first-order chi connectivity index (χ1) is 10.8. The lowest BCUT2D eigenvalue weighted by molar-refractivity contribution is 0.209. The van der Waals surface area contributed by atoms with Gasteiger partial charge in [0.1, 0.15) is 5.75 Å². The number of methoxy groups -OCH3 is 1. The second kappa shape index (κ2) is 6.23. The van der Waals surface area contributed by atoms with Crippen molar-refractivity contribution in [1.29, 1.82) is 0 Å². The SMILES string of the molecule is COc1cccc(CCCN[C@@H]2C[C@@H]3C[C@H]2[C@@H]2CCC[C@H]32)c1. The van der Waals surface area contributed by atoms with Crippen LogP contribution in [0.3, 0.4) is 0 Å². The minimum absolute atomic E-state index is 0.828. The molecule has 0 radical (unpaired) electrons. The molecule has 3 saturated carbocycles. The van der Waals surface area contributed by atoms with E-state index in [1.165, 1.54) is 50.6 Å². The first kappa shape index (κ1) is 14.6. The second-order valence-electron chi connectivity index (χ2n) is 7.67. The van der Waals surface area contributed by atoms with E-state index in [-0.39, 0.29) is 0 Å². The maximum absolute atomic E-state index is 5.30. The zero-order chi connectivity index (χ0) is 14.9. The summed E-state index contributed by atoms with van der Waals surface area (Å²) in [5.74, 6) is 5.24. The van der Waals surface area contributed by atoms with Crippen molar-refractivity contribution < 1.29 is 4.74 Å². The Morgan fingerprint density at radius 3 is 2.95 bits per heavy atom. The normalized spacial score (nSPS) is 35.8. The molecule has 1 N–H and O–H groups in total. The highest BCUT2D eigenvalue weighted by atomic mass is 16.5. The van der Waals surface area contributed by atoms with Crippen molar-refractivity contribution in [1.82, 2.24) is 5.32 Å². The Kier molecular flexibility index (Phi) is 4.13. The van der Waals surface area contributed by atoms with E-state index in [1.807, 2.05) is 6.07 Å². The number of benzene rings is 1. The minimum atomic E-state index is 0.828. The zero-order valence-corrected chi connectivity index (χ0v) is 13.8. The van der Waals surface area contributed by atoms with Crippen molar-refractivity contribution in [2.24, 2.45) is 23.7 Å². The Morgan fingerprint density at radius 1 is 1.14 bits per heavy atom. The third-order valence-corrected chi connectivity index (χ3v) is 6.61. The summed E-state index contributed by atoms with van der Waals surface area (Å²) in [7, 11) is 1.74. The molecule has 3 fully saturated rings. The second-order valence-corrected chi connectivity index (χ2v) is 7.67. The van der Waals surface area contributed by atoms with Gasteiger partial charge in [0.05, 0.1) is 7.11 Å². The summed E-state index contributed by atoms with van der Waals surface area (Å²) in [5, 5.41) is 3.89. The molecule has 0 heterocycles. The van der Waals surface area contributed by atoms with Gasteiger partial charge in [-0.25, -0.2) is 0 Å². The van der Waals surface area contributed by atoms with Gasteiger partial charge in [-0.1, -0.05) is 18.6 Å². The molecule has 2 bridgehead atoms. The van der Waals surface area contributed by atoms with Gasteiger partial charge in [-0.05, 0) is 86.4 Å². The van der Waals surface area contributed by atoms with Gasteiger partial charge in [0, 0.05) is 6.04 Å². The Balaban J connectivity index is 1.23. The van der Waals surface area contributed by atoms with Crippen LogP contribution in [0, 0.1) is 23.7 Å². The highest BCUT2D eigenvalue weighted by molar-refractivity contribution is 5.28. The van der Waals surface area contributed by atoms with Crippen LogP contribution in [-0.2, 0) is 6.42 Å². The largest absolute Gasteiger partial charge is 0.497 e. The molecule has 5 atom stereocenters. The fraction of sp³-hybridized carbons (Fsp3) is 0.700. The molecule has 0 aliphatic heterocycles. The molecule has 0 unspecified atom stereocenters.